The third kappa shape index (κ3) is 3.10. The molecule has 146 valence electrons. The molecular weight excluding hydrogens is 368 g/mol. The lowest BCUT2D eigenvalue weighted by Crippen LogP contribution is -2.46. The number of allylic oxidation sites excluding steroid dienone is 1. The number of methoxy groups -OCH3 is 1. The van der Waals surface area contributed by atoms with Crippen molar-refractivity contribution in [2.24, 2.45) is 10.1 Å². The summed E-state index contributed by atoms with van der Waals surface area (Å²) in [4.78, 5) is 31.5. The van der Waals surface area contributed by atoms with E-state index in [-0.39, 0.29) is 11.6 Å². The summed E-state index contributed by atoms with van der Waals surface area (Å²) >= 11 is 0. The van der Waals surface area contributed by atoms with Crippen molar-refractivity contribution in [2.45, 2.75) is 19.9 Å². The van der Waals surface area contributed by atoms with E-state index < -0.39 is 12.0 Å². The third-order valence-corrected chi connectivity index (χ3v) is 4.85. The Hall–Kier alpha value is -3.74. The van der Waals surface area contributed by atoms with Gasteiger partial charge in [0, 0.05) is 6.92 Å². The Bertz CT molecular complexity index is 1060. The molecule has 0 N–H and O–H groups in total. The van der Waals surface area contributed by atoms with Crippen LogP contribution in [0.2, 0.25) is 0 Å². The van der Waals surface area contributed by atoms with Crippen LogP contribution in [0.15, 0.2) is 82.0 Å². The van der Waals surface area contributed by atoms with Crippen LogP contribution >= 0.6 is 0 Å². The normalized spacial score (nSPS) is 18.2. The number of aliphatic imine (C=N–C) groups is 1. The molecule has 2 aliphatic rings. The predicted octanol–water partition coefficient (Wildman–Crippen LogP) is 3.27. The van der Waals surface area contributed by atoms with Crippen LogP contribution in [0.4, 0.5) is 5.69 Å². The molecule has 2 aromatic rings. The highest BCUT2D eigenvalue weighted by atomic mass is 16.5. The van der Waals surface area contributed by atoms with Crippen LogP contribution in [-0.4, -0.2) is 35.6 Å². The first-order chi connectivity index (χ1) is 14.0. The number of fused-ring (bicyclic) bond motifs is 1. The molecule has 0 saturated heterocycles. The van der Waals surface area contributed by atoms with Crippen LogP contribution in [0.5, 0.6) is 0 Å². The molecule has 0 fully saturated rings. The second kappa shape index (κ2) is 7.35. The average molecular weight is 388 g/mol. The SMILES string of the molecule is COC(=O)C1=C(C)N=C2N(c3ccccc3)N=C(C(C)=O)N2C1c1ccccc1. The first kappa shape index (κ1) is 18.6. The van der Waals surface area contributed by atoms with Crippen LogP contribution < -0.4 is 5.01 Å². The summed E-state index contributed by atoms with van der Waals surface area (Å²) in [5, 5.41) is 6.18. The number of rotatable bonds is 4. The molecule has 29 heavy (non-hydrogen) atoms. The summed E-state index contributed by atoms with van der Waals surface area (Å²) in [6.07, 6.45) is 0. The average Bonchev–Trinajstić information content (AvgIpc) is 3.12. The second-order valence-corrected chi connectivity index (χ2v) is 6.71. The van der Waals surface area contributed by atoms with E-state index in [2.05, 4.69) is 10.1 Å². The molecule has 2 aliphatic heterocycles. The molecule has 7 nitrogen and oxygen atoms in total. The minimum atomic E-state index is -0.576. The number of anilines is 1. The zero-order valence-electron chi connectivity index (χ0n) is 16.4. The highest BCUT2D eigenvalue weighted by molar-refractivity contribution is 6.43. The molecule has 0 saturated carbocycles. The number of ether oxygens (including phenoxy) is 1. The molecule has 0 spiro atoms. The minimum Gasteiger partial charge on any atom is -0.466 e. The van der Waals surface area contributed by atoms with Crippen molar-refractivity contribution in [3.63, 3.8) is 0 Å². The molecule has 0 aromatic heterocycles. The standard InChI is InChI=1S/C22H20N4O3/c1-14-18(21(28)29-3)19(16-10-6-4-7-11-16)25-20(15(2)27)24-26(22(25)23-14)17-12-8-5-9-13-17/h4-13,19H,1-3H3. The summed E-state index contributed by atoms with van der Waals surface area (Å²) in [7, 11) is 1.34. The Morgan fingerprint density at radius 2 is 1.62 bits per heavy atom. The van der Waals surface area contributed by atoms with Gasteiger partial charge in [0.25, 0.3) is 0 Å². The van der Waals surface area contributed by atoms with Gasteiger partial charge in [-0.2, -0.15) is 5.01 Å². The van der Waals surface area contributed by atoms with Crippen molar-refractivity contribution in [3.8, 4) is 0 Å². The highest BCUT2D eigenvalue weighted by Crippen LogP contribution is 2.39. The van der Waals surface area contributed by atoms with Crippen molar-refractivity contribution >= 4 is 29.2 Å². The number of benzene rings is 2. The number of guanidine groups is 1. The number of ketones is 1. The van der Waals surface area contributed by atoms with Gasteiger partial charge in [-0.05, 0) is 24.6 Å². The maximum atomic E-state index is 12.7. The van der Waals surface area contributed by atoms with Gasteiger partial charge in [-0.15, -0.1) is 5.10 Å². The van der Waals surface area contributed by atoms with Crippen molar-refractivity contribution in [2.75, 3.05) is 12.1 Å². The quantitative estimate of drug-likeness (QED) is 0.752. The van der Waals surface area contributed by atoms with Gasteiger partial charge < -0.3 is 4.74 Å². The lowest BCUT2D eigenvalue weighted by molar-refractivity contribution is -0.136. The number of hydrazone groups is 1. The Balaban J connectivity index is 1.95. The summed E-state index contributed by atoms with van der Waals surface area (Å²) in [5.41, 5.74) is 2.52. The monoisotopic (exact) mass is 388 g/mol. The van der Waals surface area contributed by atoms with Gasteiger partial charge in [-0.3, -0.25) is 9.69 Å². The Morgan fingerprint density at radius 3 is 2.21 bits per heavy atom. The van der Waals surface area contributed by atoms with E-state index in [9.17, 15) is 9.59 Å². The van der Waals surface area contributed by atoms with Crippen LogP contribution in [0.25, 0.3) is 0 Å². The Kier molecular flexibility index (Phi) is 4.72. The topological polar surface area (TPSA) is 74.6 Å². The van der Waals surface area contributed by atoms with E-state index in [1.165, 1.54) is 14.0 Å². The predicted molar refractivity (Wildman–Crippen MR) is 110 cm³/mol. The zero-order chi connectivity index (χ0) is 20.5. The number of hydrogen-bond acceptors (Lipinski definition) is 7. The van der Waals surface area contributed by atoms with E-state index in [4.69, 9.17) is 4.74 Å². The maximum Gasteiger partial charge on any atom is 0.338 e. The van der Waals surface area contributed by atoms with Crippen LogP contribution in [0.3, 0.4) is 0 Å². The lowest BCUT2D eigenvalue weighted by atomic mass is 9.94. The molecule has 0 radical (unpaired) electrons. The number of esters is 1. The Labute approximate surface area is 168 Å². The lowest BCUT2D eigenvalue weighted by Gasteiger charge is -2.35. The molecule has 1 atom stereocenters. The number of Topliss-reactive ketones (excluding diaryl/α,β-unsaturated/α-hetero) is 1. The number of para-hydroxylation sites is 1. The minimum absolute atomic E-state index is 0.218. The number of amidine groups is 1. The van der Waals surface area contributed by atoms with E-state index in [0.717, 1.165) is 11.3 Å². The Morgan fingerprint density at radius 1 is 1.00 bits per heavy atom. The van der Waals surface area contributed by atoms with E-state index in [1.807, 2.05) is 60.7 Å². The number of hydrogen-bond donors (Lipinski definition) is 0. The van der Waals surface area contributed by atoms with Gasteiger partial charge in [-0.25, -0.2) is 9.79 Å². The fourth-order valence-electron chi connectivity index (χ4n) is 3.56. The molecule has 2 aromatic carbocycles. The number of nitrogens with zero attached hydrogens (tertiary/aromatic N) is 4. The number of carbonyl (C=O) groups excluding carboxylic acids is 2. The second-order valence-electron chi connectivity index (χ2n) is 6.71. The summed E-state index contributed by atoms with van der Waals surface area (Å²) < 4.78 is 5.04. The van der Waals surface area contributed by atoms with E-state index in [0.29, 0.717) is 17.2 Å². The van der Waals surface area contributed by atoms with Crippen molar-refractivity contribution in [1.29, 1.82) is 0 Å². The van der Waals surface area contributed by atoms with Gasteiger partial charge in [0.1, 0.15) is 0 Å². The van der Waals surface area contributed by atoms with Crippen molar-refractivity contribution in [3.05, 3.63) is 77.5 Å². The van der Waals surface area contributed by atoms with Gasteiger partial charge in [0.2, 0.25) is 5.96 Å². The fourth-order valence-corrected chi connectivity index (χ4v) is 3.56. The van der Waals surface area contributed by atoms with Gasteiger partial charge in [-0.1, -0.05) is 48.5 Å². The number of carbonyl (C=O) groups is 2. The molecular formula is C22H20N4O3. The van der Waals surface area contributed by atoms with Crippen LogP contribution in [-0.2, 0) is 14.3 Å². The molecule has 0 amide bonds. The van der Waals surface area contributed by atoms with Gasteiger partial charge in [0.05, 0.1) is 30.1 Å². The highest BCUT2D eigenvalue weighted by Gasteiger charge is 2.45. The smallest absolute Gasteiger partial charge is 0.338 e. The fraction of sp³-hybridized carbons (Fsp3) is 0.182. The summed E-state index contributed by atoms with van der Waals surface area (Å²) in [6, 6.07) is 18.4. The van der Waals surface area contributed by atoms with E-state index in [1.54, 1.807) is 16.8 Å². The molecule has 7 heteroatoms. The maximum absolute atomic E-state index is 12.7. The molecule has 1 unspecified atom stereocenters. The van der Waals surface area contributed by atoms with E-state index >= 15 is 0 Å². The van der Waals surface area contributed by atoms with Crippen molar-refractivity contribution < 1.29 is 14.3 Å². The first-order valence-electron chi connectivity index (χ1n) is 9.19. The van der Waals surface area contributed by atoms with Gasteiger partial charge in [0.15, 0.2) is 11.6 Å². The molecule has 0 aliphatic carbocycles. The molecule has 2 heterocycles. The summed E-state index contributed by atoms with van der Waals surface area (Å²) in [5.74, 6) is -0.0168. The first-order valence-corrected chi connectivity index (χ1v) is 9.19. The van der Waals surface area contributed by atoms with Crippen LogP contribution in [0, 0.1) is 0 Å². The third-order valence-electron chi connectivity index (χ3n) is 4.85. The van der Waals surface area contributed by atoms with Gasteiger partial charge >= 0.3 is 5.97 Å². The van der Waals surface area contributed by atoms with Crippen LogP contribution in [0.1, 0.15) is 25.5 Å². The summed E-state index contributed by atoms with van der Waals surface area (Å²) in [6.45, 7) is 3.22. The largest absolute Gasteiger partial charge is 0.466 e. The molecule has 0 bridgehead atoms. The zero-order valence-corrected chi connectivity index (χ0v) is 16.4. The van der Waals surface area contributed by atoms with Crippen molar-refractivity contribution in [1.82, 2.24) is 4.90 Å². The molecule has 4 rings (SSSR count).